The van der Waals surface area contributed by atoms with Gasteiger partial charge in [0.25, 0.3) is 0 Å². The van der Waals surface area contributed by atoms with E-state index in [1.54, 1.807) is 6.07 Å². The highest BCUT2D eigenvalue weighted by atomic mass is 35.5. The van der Waals surface area contributed by atoms with Crippen LogP contribution < -0.4 is 5.73 Å². The molecule has 0 saturated carbocycles. The summed E-state index contributed by atoms with van der Waals surface area (Å²) in [5.41, 5.74) is 12.0. The first-order valence-corrected chi connectivity index (χ1v) is 8.51. The fourth-order valence-electron chi connectivity index (χ4n) is 3.93. The second-order valence-electron chi connectivity index (χ2n) is 6.64. The Hall–Kier alpha value is -2.01. The lowest BCUT2D eigenvalue weighted by atomic mass is 9.92. The van der Waals surface area contributed by atoms with Gasteiger partial charge < -0.3 is 15.8 Å². The highest BCUT2D eigenvalue weighted by molar-refractivity contribution is 5.86. The molecule has 0 bridgehead atoms. The van der Waals surface area contributed by atoms with Crippen LogP contribution in [0.5, 0.6) is 5.75 Å². The van der Waals surface area contributed by atoms with Crippen LogP contribution in [0.4, 0.5) is 0 Å². The Morgan fingerprint density at radius 2 is 2.08 bits per heavy atom. The number of hydrogen-bond acceptors (Lipinski definition) is 3. The van der Waals surface area contributed by atoms with Gasteiger partial charge >= 0.3 is 0 Å². The van der Waals surface area contributed by atoms with Crippen LogP contribution in [0.2, 0.25) is 0 Å². The zero-order valence-corrected chi connectivity index (χ0v) is 15.1. The Balaban J connectivity index is 0.00000182. The van der Waals surface area contributed by atoms with E-state index in [2.05, 4.69) is 41.1 Å². The molecule has 5 heteroatoms. The lowest BCUT2D eigenvalue weighted by Gasteiger charge is -2.36. The van der Waals surface area contributed by atoms with Crippen LogP contribution in [-0.4, -0.2) is 34.6 Å². The summed E-state index contributed by atoms with van der Waals surface area (Å²) in [6.07, 6.45) is 1.02. The lowest BCUT2D eigenvalue weighted by Crippen LogP contribution is -2.39. The number of phenols is 1. The highest BCUT2D eigenvalue weighted by Crippen LogP contribution is 2.39. The number of rotatable bonds is 3. The molecule has 1 atom stereocenters. The van der Waals surface area contributed by atoms with E-state index < -0.39 is 0 Å². The van der Waals surface area contributed by atoms with Gasteiger partial charge in [-0.3, -0.25) is 4.90 Å². The van der Waals surface area contributed by atoms with E-state index in [-0.39, 0.29) is 18.4 Å². The third-order valence-electron chi connectivity index (χ3n) is 4.98. The molecule has 4 nitrogen and oxygen atoms in total. The Morgan fingerprint density at radius 3 is 2.84 bits per heavy atom. The Morgan fingerprint density at radius 1 is 1.24 bits per heavy atom. The number of aromatic nitrogens is 1. The normalized spacial score (nSPS) is 17.3. The minimum Gasteiger partial charge on any atom is -0.508 e. The number of aryl methyl sites for hydroxylation is 1. The molecule has 0 radical (unpaired) electrons. The SMILES string of the molecule is Cc1ccc2[nH]c3c(c2c1)CCN(CCN)C3c1cccc(O)c1.Cl. The summed E-state index contributed by atoms with van der Waals surface area (Å²) in [4.78, 5) is 6.04. The smallest absolute Gasteiger partial charge is 0.115 e. The molecule has 132 valence electrons. The van der Waals surface area contributed by atoms with Crippen LogP contribution in [0.25, 0.3) is 10.9 Å². The maximum absolute atomic E-state index is 9.93. The molecule has 3 aromatic rings. The quantitative estimate of drug-likeness (QED) is 0.672. The first-order chi connectivity index (χ1) is 11.7. The first kappa shape index (κ1) is 17.8. The monoisotopic (exact) mass is 357 g/mol. The first-order valence-electron chi connectivity index (χ1n) is 8.51. The second kappa shape index (κ2) is 7.08. The summed E-state index contributed by atoms with van der Waals surface area (Å²) in [6.45, 7) is 4.58. The molecule has 4 N–H and O–H groups in total. The third kappa shape index (κ3) is 3.13. The van der Waals surface area contributed by atoms with E-state index in [4.69, 9.17) is 5.73 Å². The molecule has 0 amide bonds. The van der Waals surface area contributed by atoms with Crippen molar-refractivity contribution in [2.24, 2.45) is 5.73 Å². The van der Waals surface area contributed by atoms with Gasteiger partial charge in [-0.15, -0.1) is 12.4 Å². The van der Waals surface area contributed by atoms with Crippen molar-refractivity contribution in [1.82, 2.24) is 9.88 Å². The molecule has 25 heavy (non-hydrogen) atoms. The van der Waals surface area contributed by atoms with Crippen molar-refractivity contribution in [3.8, 4) is 5.75 Å². The van der Waals surface area contributed by atoms with Gasteiger partial charge in [0.1, 0.15) is 5.75 Å². The summed E-state index contributed by atoms with van der Waals surface area (Å²) >= 11 is 0. The fourth-order valence-corrected chi connectivity index (χ4v) is 3.93. The van der Waals surface area contributed by atoms with Gasteiger partial charge in [-0.05, 0) is 48.7 Å². The molecule has 0 aliphatic carbocycles. The molecule has 0 saturated heterocycles. The number of halogens is 1. The van der Waals surface area contributed by atoms with Crippen LogP contribution in [0.15, 0.2) is 42.5 Å². The van der Waals surface area contributed by atoms with Crippen molar-refractivity contribution >= 4 is 23.3 Å². The zero-order valence-electron chi connectivity index (χ0n) is 14.3. The molecule has 0 spiro atoms. The summed E-state index contributed by atoms with van der Waals surface area (Å²) in [6, 6.07) is 14.3. The number of phenolic OH excluding ortho intramolecular Hbond substituents is 1. The Bertz CT molecular complexity index is 890. The van der Waals surface area contributed by atoms with Gasteiger partial charge in [0.2, 0.25) is 0 Å². The molecule has 2 heterocycles. The van der Waals surface area contributed by atoms with E-state index in [0.717, 1.165) is 25.1 Å². The molecule has 1 aliphatic heterocycles. The summed E-state index contributed by atoms with van der Waals surface area (Å²) in [7, 11) is 0. The predicted octanol–water partition coefficient (Wildman–Crippen LogP) is 3.51. The van der Waals surface area contributed by atoms with Crippen molar-refractivity contribution in [3.05, 3.63) is 64.8 Å². The number of nitrogens with one attached hydrogen (secondary N) is 1. The molecule has 4 rings (SSSR count). The minimum atomic E-state index is 0. The third-order valence-corrected chi connectivity index (χ3v) is 4.98. The molecule has 1 aliphatic rings. The van der Waals surface area contributed by atoms with Gasteiger partial charge in [0.05, 0.1) is 6.04 Å². The molecule has 1 unspecified atom stereocenters. The number of aromatic amines is 1. The Kier molecular flexibility index (Phi) is 5.04. The van der Waals surface area contributed by atoms with Crippen molar-refractivity contribution in [2.45, 2.75) is 19.4 Å². The van der Waals surface area contributed by atoms with E-state index in [9.17, 15) is 5.11 Å². The summed E-state index contributed by atoms with van der Waals surface area (Å²) < 4.78 is 0. The molecule has 1 aromatic heterocycles. The van der Waals surface area contributed by atoms with Crippen LogP contribution in [0.1, 0.15) is 28.4 Å². The molecular weight excluding hydrogens is 334 g/mol. The van der Waals surface area contributed by atoms with Crippen molar-refractivity contribution in [2.75, 3.05) is 19.6 Å². The number of H-pyrrole nitrogens is 1. The predicted molar refractivity (Wildman–Crippen MR) is 105 cm³/mol. The topological polar surface area (TPSA) is 65.3 Å². The average molecular weight is 358 g/mol. The number of aromatic hydroxyl groups is 1. The molecule has 0 fully saturated rings. The number of nitrogens with two attached hydrogens (primary N) is 1. The minimum absolute atomic E-state index is 0. The summed E-state index contributed by atoms with van der Waals surface area (Å²) in [5.74, 6) is 0.305. The van der Waals surface area contributed by atoms with E-state index in [1.165, 1.54) is 27.7 Å². The van der Waals surface area contributed by atoms with Gasteiger partial charge in [0, 0.05) is 36.2 Å². The number of benzene rings is 2. The second-order valence-corrected chi connectivity index (χ2v) is 6.64. The number of fused-ring (bicyclic) bond motifs is 3. The number of hydrogen-bond donors (Lipinski definition) is 3. The van der Waals surface area contributed by atoms with E-state index in [0.29, 0.717) is 12.3 Å². The maximum Gasteiger partial charge on any atom is 0.115 e. The van der Waals surface area contributed by atoms with Crippen LogP contribution in [0.3, 0.4) is 0 Å². The standard InChI is InChI=1S/C20H23N3O.ClH/c1-13-5-6-18-17(11-13)16-7-9-23(10-8-21)20(19(16)22-18)14-3-2-4-15(24)12-14;/h2-6,11-12,20,22,24H,7-10,21H2,1H3;1H. The van der Waals surface area contributed by atoms with Crippen LogP contribution >= 0.6 is 12.4 Å². The molecular formula is C20H24ClN3O. The van der Waals surface area contributed by atoms with Gasteiger partial charge in [0.15, 0.2) is 0 Å². The average Bonchev–Trinajstić information content (AvgIpc) is 2.92. The van der Waals surface area contributed by atoms with Crippen LogP contribution in [0, 0.1) is 6.92 Å². The van der Waals surface area contributed by atoms with Crippen LogP contribution in [-0.2, 0) is 6.42 Å². The number of nitrogens with zero attached hydrogens (tertiary/aromatic N) is 1. The van der Waals surface area contributed by atoms with Gasteiger partial charge in [-0.2, -0.15) is 0 Å². The Labute approximate surface area is 154 Å². The van der Waals surface area contributed by atoms with Crippen molar-refractivity contribution < 1.29 is 5.11 Å². The zero-order chi connectivity index (χ0) is 16.7. The summed E-state index contributed by atoms with van der Waals surface area (Å²) in [5, 5.41) is 11.3. The van der Waals surface area contributed by atoms with Gasteiger partial charge in [-0.25, -0.2) is 0 Å². The van der Waals surface area contributed by atoms with E-state index in [1.807, 2.05) is 12.1 Å². The maximum atomic E-state index is 9.93. The molecule has 2 aromatic carbocycles. The fraction of sp³-hybridized carbons (Fsp3) is 0.300. The van der Waals surface area contributed by atoms with Gasteiger partial charge in [-0.1, -0.05) is 23.8 Å². The highest BCUT2D eigenvalue weighted by Gasteiger charge is 2.31. The van der Waals surface area contributed by atoms with E-state index >= 15 is 0 Å². The lowest BCUT2D eigenvalue weighted by molar-refractivity contribution is 0.217. The van der Waals surface area contributed by atoms with Crippen molar-refractivity contribution in [1.29, 1.82) is 0 Å². The largest absolute Gasteiger partial charge is 0.508 e. The van der Waals surface area contributed by atoms with Crippen molar-refractivity contribution in [3.63, 3.8) is 0 Å².